The Bertz CT molecular complexity index is 5540. The monoisotopic (exact) mass is 1460 g/mol. The molecule has 6 unspecified atom stereocenters. The molecule has 5 saturated carbocycles. The molecule has 10 heterocycles. The average molecular weight is 1460 g/mol. The van der Waals surface area contributed by atoms with E-state index in [0.29, 0.717) is 24.2 Å². The molecule has 5 aliphatic carbocycles. The van der Waals surface area contributed by atoms with Crippen LogP contribution in [-0.4, -0.2) is 13.7 Å². The summed E-state index contributed by atoms with van der Waals surface area (Å²) in [4.78, 5) is 11.1. The predicted octanol–water partition coefficient (Wildman–Crippen LogP) is 26.0. The van der Waals surface area contributed by atoms with E-state index < -0.39 is 0 Å². The third kappa shape index (κ3) is 8.76. The number of benzene rings is 8. The van der Waals surface area contributed by atoms with Crippen LogP contribution in [0.1, 0.15) is 257 Å². The van der Waals surface area contributed by atoms with Gasteiger partial charge in [0.25, 0.3) is 0 Å². The van der Waals surface area contributed by atoms with Gasteiger partial charge in [0.15, 0.2) is 0 Å². The lowest BCUT2D eigenvalue weighted by atomic mass is 9.47. The van der Waals surface area contributed by atoms with E-state index in [1.54, 1.807) is 11.3 Å². The second-order valence-corrected chi connectivity index (χ2v) is 38.6. The molecule has 6 aliphatic heterocycles. The van der Waals surface area contributed by atoms with Crippen LogP contribution in [0.2, 0.25) is 0 Å². The lowest BCUT2D eigenvalue weighted by Gasteiger charge is -2.64. The number of rotatable bonds is 2. The van der Waals surface area contributed by atoms with Crippen LogP contribution in [-0.2, 0) is 54.1 Å². The van der Waals surface area contributed by atoms with Crippen LogP contribution in [0.25, 0.3) is 43.7 Å². The molecule has 8 aromatic carbocycles. The second-order valence-electron chi connectivity index (χ2n) is 38.6. The maximum absolute atomic E-state index is 6.47. The van der Waals surface area contributed by atoms with Crippen LogP contribution in [0, 0.1) is 62.2 Å². The number of fused-ring (bicyclic) bond motifs is 21. The Balaban J connectivity index is 0.0000000996. The first kappa shape index (κ1) is 71.4. The van der Waals surface area contributed by atoms with E-state index in [0.717, 1.165) is 29.3 Å². The molecule has 11 aliphatic rings. The Morgan fingerprint density at radius 3 is 1.15 bits per heavy atom. The van der Waals surface area contributed by atoms with Crippen LogP contribution in [0.15, 0.2) is 186 Å². The SMILES string of the molecule is Cc1cccc2c1N1C(C)c3c(n(C)c4ccccc34)C1(C)C(C)(C)C2(C)C.Cc1cccc2c1N1C(C)c3c(n(C)c4ccccc34)C1(C)C(C)(C)C2(C)C.Cc1ccccc1N1C(C)c2c(n(C)c3ccccc23)C12C1CC3CC(C1)CC2C3.Cc1ccccc1N1C(C)c2c(oc3ccccc23)C12CCCC2. The zero-order chi connectivity index (χ0) is 77.0. The third-order valence-electron chi connectivity index (χ3n) is 33.3. The molecule has 0 saturated heterocycles. The summed E-state index contributed by atoms with van der Waals surface area (Å²) in [5.74, 6) is 4.77. The molecule has 0 radical (unpaired) electrons. The maximum atomic E-state index is 6.47. The molecule has 4 aromatic heterocycles. The van der Waals surface area contributed by atoms with E-state index in [2.05, 4.69) is 361 Å². The Morgan fingerprint density at radius 1 is 0.345 bits per heavy atom. The van der Waals surface area contributed by atoms with Gasteiger partial charge in [-0.15, -0.1) is 0 Å². The number of aryl methyl sites for hydroxylation is 7. The Kier molecular flexibility index (Phi) is 15.6. The molecule has 8 heteroatoms. The lowest BCUT2D eigenvalue weighted by Crippen LogP contribution is -2.62. The molecule has 0 amide bonds. The van der Waals surface area contributed by atoms with Crippen LogP contribution in [0.5, 0.6) is 0 Å². The lowest BCUT2D eigenvalue weighted by molar-refractivity contribution is -0.0629. The van der Waals surface area contributed by atoms with Crippen molar-refractivity contribution in [3.63, 3.8) is 0 Å². The van der Waals surface area contributed by atoms with Gasteiger partial charge in [-0.3, -0.25) is 0 Å². The molecule has 4 bridgehead atoms. The Labute approximate surface area is 655 Å². The fourth-order valence-electron chi connectivity index (χ4n) is 27.0. The smallest absolute Gasteiger partial charge is 0.136 e. The summed E-state index contributed by atoms with van der Waals surface area (Å²) in [7, 11) is 6.88. The molecular weight excluding hydrogens is 1340 g/mol. The van der Waals surface area contributed by atoms with E-state index in [-0.39, 0.29) is 43.8 Å². The van der Waals surface area contributed by atoms with Gasteiger partial charge in [0.2, 0.25) is 0 Å². The predicted molar refractivity (Wildman–Crippen MR) is 460 cm³/mol. The van der Waals surface area contributed by atoms with Gasteiger partial charge in [-0.2, -0.15) is 0 Å². The van der Waals surface area contributed by atoms with Crippen molar-refractivity contribution in [2.24, 2.45) is 55.6 Å². The fraction of sp³-hybridized carbons (Fsp3) is 0.451. The number of hydrogen-bond acceptors (Lipinski definition) is 5. The maximum Gasteiger partial charge on any atom is 0.136 e. The van der Waals surface area contributed by atoms with Crippen LogP contribution in [0.4, 0.5) is 22.7 Å². The zero-order valence-electron chi connectivity index (χ0n) is 69.8. The highest BCUT2D eigenvalue weighted by molar-refractivity contribution is 5.93. The number of furan rings is 1. The molecule has 568 valence electrons. The molecule has 12 aromatic rings. The number of hydrogen-bond donors (Lipinski definition) is 0. The fourth-order valence-corrected chi connectivity index (χ4v) is 27.0. The third-order valence-corrected chi connectivity index (χ3v) is 33.3. The Hall–Kier alpha value is -8.88. The van der Waals surface area contributed by atoms with Crippen molar-refractivity contribution < 1.29 is 4.42 Å². The first-order valence-corrected chi connectivity index (χ1v) is 42.2. The van der Waals surface area contributed by atoms with Crippen molar-refractivity contribution in [3.8, 4) is 0 Å². The van der Waals surface area contributed by atoms with Crippen molar-refractivity contribution in [3.05, 3.63) is 260 Å². The summed E-state index contributed by atoms with van der Waals surface area (Å²) < 4.78 is 14.0. The van der Waals surface area contributed by atoms with Crippen LogP contribution in [0.3, 0.4) is 0 Å². The minimum Gasteiger partial charge on any atom is -0.458 e. The largest absolute Gasteiger partial charge is 0.458 e. The summed E-state index contributed by atoms with van der Waals surface area (Å²) in [6.07, 6.45) is 12.2. The zero-order valence-corrected chi connectivity index (χ0v) is 69.8. The number of nitrogens with zero attached hydrogens (tertiary/aromatic N) is 7. The van der Waals surface area contributed by atoms with E-state index >= 15 is 0 Å². The number of aromatic nitrogens is 3. The van der Waals surface area contributed by atoms with Crippen molar-refractivity contribution in [1.82, 2.24) is 13.7 Å². The Morgan fingerprint density at radius 2 is 0.700 bits per heavy atom. The first-order valence-electron chi connectivity index (χ1n) is 42.2. The highest BCUT2D eigenvalue weighted by atomic mass is 16.3. The molecule has 8 nitrogen and oxygen atoms in total. The van der Waals surface area contributed by atoms with Gasteiger partial charge in [-0.05, 0) is 218 Å². The van der Waals surface area contributed by atoms with Gasteiger partial charge in [0.1, 0.15) is 11.3 Å². The summed E-state index contributed by atoms with van der Waals surface area (Å²) in [6, 6.07) is 68.7. The van der Waals surface area contributed by atoms with Gasteiger partial charge in [0.05, 0.1) is 52.0 Å². The van der Waals surface area contributed by atoms with Gasteiger partial charge in [-0.25, -0.2) is 0 Å². The quantitative estimate of drug-likeness (QED) is 0.173. The second kappa shape index (κ2) is 24.1. The number of anilines is 4. The first-order chi connectivity index (χ1) is 52.5. The average Bonchev–Trinajstić information content (AvgIpc) is 1.48. The van der Waals surface area contributed by atoms with Gasteiger partial charge < -0.3 is 37.7 Å². The van der Waals surface area contributed by atoms with Crippen molar-refractivity contribution in [2.75, 3.05) is 19.6 Å². The summed E-state index contributed by atoms with van der Waals surface area (Å²) in [6.45, 7) is 43.4. The topological polar surface area (TPSA) is 40.9 Å². The molecule has 2 spiro atoms. The number of para-hydroxylation sites is 8. The van der Waals surface area contributed by atoms with Gasteiger partial charge in [0, 0.05) is 126 Å². The standard InChI is InChI=1S/C28H32N2.2C26H32N2.C22H23NO/c1-17-8-4-6-10-24(17)30-18(2)26-23-9-5-7-11-25(23)29(3)27(26)28(30)21-13-19-12-20(15-21)16-22(28)14-19;2*1-16-12-11-14-19-22(16)28-17(2)21-18-13-9-10-15-20(18)27(8)23(21)26(28,7)25(5,6)24(19,3)4;1-15-9-3-5-11-18(15)23-16(2)20-17-10-4-6-12-19(17)24-21(20)22(23)13-7-8-14-22/h4-11,18-22H,12-16H2,1-3H3;2*9-15,17H,1-8H3;3-6,9-12,16H,7-8,13-14H2,1-2H3. The van der Waals surface area contributed by atoms with Crippen LogP contribution >= 0.6 is 0 Å². The van der Waals surface area contributed by atoms with E-state index in [1.807, 2.05) is 0 Å². The summed E-state index contributed by atoms with van der Waals surface area (Å²) in [5, 5.41) is 5.59. The molecule has 23 rings (SSSR count). The minimum absolute atomic E-state index is 0.0416. The molecule has 0 N–H and O–H groups in total. The van der Waals surface area contributed by atoms with Gasteiger partial charge in [-0.1, -0.05) is 214 Å². The van der Waals surface area contributed by atoms with E-state index in [1.165, 1.54) is 186 Å². The van der Waals surface area contributed by atoms with E-state index in [4.69, 9.17) is 4.42 Å². The highest BCUT2D eigenvalue weighted by Crippen LogP contribution is 2.73. The van der Waals surface area contributed by atoms with Crippen LogP contribution < -0.4 is 19.6 Å². The van der Waals surface area contributed by atoms with Gasteiger partial charge >= 0.3 is 0 Å². The summed E-state index contributed by atoms with van der Waals surface area (Å²) >= 11 is 0. The van der Waals surface area contributed by atoms with Crippen molar-refractivity contribution in [1.29, 1.82) is 0 Å². The highest BCUT2D eigenvalue weighted by Gasteiger charge is 2.69. The van der Waals surface area contributed by atoms with E-state index in [9.17, 15) is 0 Å². The van der Waals surface area contributed by atoms with Crippen molar-refractivity contribution in [2.45, 2.75) is 240 Å². The summed E-state index contributed by atoms with van der Waals surface area (Å²) in [5.41, 5.74) is 30.4. The molecule has 6 atom stereocenters. The minimum atomic E-state index is -0.0852. The normalized spacial score (nSPS) is 28.3. The van der Waals surface area contributed by atoms with Crippen molar-refractivity contribution >= 4 is 66.4 Å². The molecular formula is C102H119N7O. The molecule has 110 heavy (non-hydrogen) atoms. The molecule has 5 fully saturated rings.